The quantitative estimate of drug-likeness (QED) is 0.371. The summed E-state index contributed by atoms with van der Waals surface area (Å²) in [6.45, 7) is -0.312. The van der Waals surface area contributed by atoms with Gasteiger partial charge in [-0.1, -0.05) is 11.6 Å². The zero-order valence-corrected chi connectivity index (χ0v) is 17.1. The molecule has 31 heavy (non-hydrogen) atoms. The van der Waals surface area contributed by atoms with Gasteiger partial charge in [-0.05, 0) is 24.3 Å². The van der Waals surface area contributed by atoms with Crippen LogP contribution in [-0.4, -0.2) is 47.2 Å². The first-order valence-corrected chi connectivity index (χ1v) is 10.2. The fourth-order valence-electron chi connectivity index (χ4n) is 3.21. The summed E-state index contributed by atoms with van der Waals surface area (Å²) in [6, 6.07) is 4.72. The van der Waals surface area contributed by atoms with Crippen molar-refractivity contribution in [3.8, 4) is 11.9 Å². The van der Waals surface area contributed by atoms with E-state index >= 15 is 0 Å². The van der Waals surface area contributed by atoms with Crippen LogP contribution < -0.4 is 0 Å². The SMILES string of the molecule is OC[C@@H](CSc1c(Cl)c(C(F)(F)F)cc2c(O)nc(O)nc12)n1ccc2cccnc21. The number of nitrogens with zero attached hydrogens (tertiary/aromatic N) is 4. The Bertz CT molecular complexity index is 1280. The molecule has 0 unspecified atom stereocenters. The van der Waals surface area contributed by atoms with Crippen LogP contribution in [-0.2, 0) is 6.18 Å². The number of pyridine rings is 1. The summed E-state index contributed by atoms with van der Waals surface area (Å²) < 4.78 is 42.3. The van der Waals surface area contributed by atoms with E-state index in [-0.39, 0.29) is 28.2 Å². The van der Waals surface area contributed by atoms with Crippen LogP contribution in [0.2, 0.25) is 5.02 Å². The predicted molar refractivity (Wildman–Crippen MR) is 109 cm³/mol. The van der Waals surface area contributed by atoms with Crippen molar-refractivity contribution in [3.63, 3.8) is 0 Å². The standard InChI is InChI=1S/C19H14ClF3N4O3S/c20-13-12(19(21,22)23)6-11-14(25-18(30)26-17(11)29)15(13)31-8-10(7-28)27-5-3-9-2-1-4-24-16(9)27/h1-6,10,28H,7-8H2,(H2,25,26,29,30)/t10-/m0/s1. The smallest absolute Gasteiger partial charge is 0.417 e. The summed E-state index contributed by atoms with van der Waals surface area (Å²) >= 11 is 6.99. The molecule has 162 valence electrons. The summed E-state index contributed by atoms with van der Waals surface area (Å²) in [4.78, 5) is 11.3. The number of fused-ring (bicyclic) bond motifs is 2. The summed E-state index contributed by atoms with van der Waals surface area (Å²) in [5.41, 5.74) is -0.678. The maximum atomic E-state index is 13.5. The fourth-order valence-corrected chi connectivity index (χ4v) is 4.77. The minimum atomic E-state index is -4.79. The third kappa shape index (κ3) is 3.95. The Morgan fingerprint density at radius 3 is 2.68 bits per heavy atom. The number of aliphatic hydroxyl groups excluding tert-OH is 1. The largest absolute Gasteiger partial charge is 0.493 e. The molecule has 3 N–H and O–H groups in total. The lowest BCUT2D eigenvalue weighted by atomic mass is 10.1. The van der Waals surface area contributed by atoms with Gasteiger partial charge in [-0.3, -0.25) is 0 Å². The molecule has 3 aromatic heterocycles. The van der Waals surface area contributed by atoms with Gasteiger partial charge in [0, 0.05) is 23.5 Å². The topological polar surface area (TPSA) is 104 Å². The van der Waals surface area contributed by atoms with Crippen LogP contribution in [0.1, 0.15) is 11.6 Å². The lowest BCUT2D eigenvalue weighted by Gasteiger charge is -2.19. The van der Waals surface area contributed by atoms with Crippen molar-refractivity contribution in [1.29, 1.82) is 0 Å². The first-order chi connectivity index (χ1) is 14.7. The van der Waals surface area contributed by atoms with Crippen LogP contribution in [0.25, 0.3) is 21.9 Å². The van der Waals surface area contributed by atoms with E-state index in [0.717, 1.165) is 17.1 Å². The molecule has 0 aliphatic heterocycles. The van der Waals surface area contributed by atoms with Crippen molar-refractivity contribution in [2.75, 3.05) is 12.4 Å². The molecule has 12 heteroatoms. The lowest BCUT2D eigenvalue weighted by Crippen LogP contribution is -2.15. The zero-order chi connectivity index (χ0) is 22.3. The molecule has 0 saturated heterocycles. The third-order valence-corrected chi connectivity index (χ3v) is 6.40. The summed E-state index contributed by atoms with van der Waals surface area (Å²) in [5.74, 6) is -0.691. The normalized spacial score (nSPS) is 13.2. The zero-order valence-electron chi connectivity index (χ0n) is 15.5. The number of halogens is 4. The molecule has 0 amide bonds. The maximum absolute atomic E-state index is 13.5. The number of hydrogen-bond acceptors (Lipinski definition) is 7. The molecule has 1 atom stereocenters. The van der Waals surface area contributed by atoms with Gasteiger partial charge >= 0.3 is 12.2 Å². The van der Waals surface area contributed by atoms with Crippen molar-refractivity contribution in [2.24, 2.45) is 0 Å². The van der Waals surface area contributed by atoms with E-state index in [1.54, 1.807) is 23.0 Å². The van der Waals surface area contributed by atoms with E-state index < -0.39 is 34.7 Å². The molecule has 3 heterocycles. The molecule has 4 aromatic rings. The highest BCUT2D eigenvalue weighted by Crippen LogP contribution is 2.45. The number of thioether (sulfide) groups is 1. The highest BCUT2D eigenvalue weighted by molar-refractivity contribution is 7.99. The molecule has 0 fully saturated rings. The summed E-state index contributed by atoms with van der Waals surface area (Å²) in [5, 5.41) is 29.4. The van der Waals surface area contributed by atoms with Gasteiger partial charge in [-0.25, -0.2) is 4.98 Å². The van der Waals surface area contributed by atoms with Gasteiger partial charge in [-0.2, -0.15) is 23.1 Å². The van der Waals surface area contributed by atoms with Crippen molar-refractivity contribution in [3.05, 3.63) is 47.2 Å². The van der Waals surface area contributed by atoms with Crippen LogP contribution in [0.15, 0.2) is 41.6 Å². The minimum absolute atomic E-state index is 0.0950. The number of rotatable bonds is 5. The summed E-state index contributed by atoms with van der Waals surface area (Å²) in [7, 11) is 0. The highest BCUT2D eigenvalue weighted by Gasteiger charge is 2.36. The van der Waals surface area contributed by atoms with Gasteiger partial charge in [0.1, 0.15) is 5.65 Å². The number of aromatic hydroxyl groups is 2. The second-order valence-corrected chi connectivity index (χ2v) is 8.00. The molecule has 0 spiro atoms. The van der Waals surface area contributed by atoms with Crippen LogP contribution in [0.5, 0.6) is 11.9 Å². The van der Waals surface area contributed by atoms with Crippen LogP contribution in [0, 0.1) is 0 Å². The number of benzene rings is 1. The third-order valence-electron chi connectivity index (χ3n) is 4.66. The second kappa shape index (κ2) is 8.06. The number of hydrogen-bond donors (Lipinski definition) is 3. The van der Waals surface area contributed by atoms with E-state index in [9.17, 15) is 28.5 Å². The van der Waals surface area contributed by atoms with Gasteiger partial charge in [-0.15, -0.1) is 11.8 Å². The van der Waals surface area contributed by atoms with Crippen molar-refractivity contribution in [1.82, 2.24) is 19.5 Å². The van der Waals surface area contributed by atoms with E-state index in [1.807, 2.05) is 12.1 Å². The Morgan fingerprint density at radius 2 is 1.97 bits per heavy atom. The number of aromatic nitrogens is 4. The number of aliphatic hydroxyl groups is 1. The Hall–Kier alpha value is -2.76. The van der Waals surface area contributed by atoms with E-state index in [0.29, 0.717) is 11.7 Å². The second-order valence-electron chi connectivity index (χ2n) is 6.60. The van der Waals surface area contributed by atoms with Gasteiger partial charge in [0.05, 0.1) is 39.0 Å². The molecular formula is C19H14ClF3N4O3S. The molecule has 0 aliphatic rings. The van der Waals surface area contributed by atoms with E-state index in [4.69, 9.17) is 11.6 Å². The molecule has 0 bridgehead atoms. The molecule has 7 nitrogen and oxygen atoms in total. The first-order valence-electron chi connectivity index (χ1n) is 8.85. The van der Waals surface area contributed by atoms with Crippen molar-refractivity contribution >= 4 is 45.3 Å². The van der Waals surface area contributed by atoms with E-state index in [1.165, 1.54) is 0 Å². The van der Waals surface area contributed by atoms with Gasteiger partial charge < -0.3 is 19.9 Å². The van der Waals surface area contributed by atoms with Crippen molar-refractivity contribution < 1.29 is 28.5 Å². The molecular weight excluding hydrogens is 457 g/mol. The average molecular weight is 471 g/mol. The Balaban J connectivity index is 1.79. The fraction of sp³-hybridized carbons (Fsp3) is 0.211. The van der Waals surface area contributed by atoms with Crippen LogP contribution in [0.4, 0.5) is 13.2 Å². The average Bonchev–Trinajstić information content (AvgIpc) is 3.13. The predicted octanol–water partition coefficient (Wildman–Crippen LogP) is 4.39. The van der Waals surface area contributed by atoms with Gasteiger partial charge in [0.25, 0.3) is 0 Å². The van der Waals surface area contributed by atoms with Gasteiger partial charge in [0.2, 0.25) is 5.88 Å². The Morgan fingerprint density at radius 1 is 1.19 bits per heavy atom. The molecule has 4 rings (SSSR count). The highest BCUT2D eigenvalue weighted by atomic mass is 35.5. The van der Waals surface area contributed by atoms with Crippen molar-refractivity contribution in [2.45, 2.75) is 17.1 Å². The molecule has 0 saturated carbocycles. The molecule has 1 aromatic carbocycles. The van der Waals surface area contributed by atoms with Gasteiger partial charge in [0.15, 0.2) is 0 Å². The number of alkyl halides is 3. The Labute approximate surface area is 182 Å². The lowest BCUT2D eigenvalue weighted by molar-refractivity contribution is -0.137. The van der Waals surface area contributed by atoms with Crippen LogP contribution >= 0.6 is 23.4 Å². The first kappa shape index (κ1) is 21.5. The maximum Gasteiger partial charge on any atom is 0.417 e. The van der Waals surface area contributed by atoms with Crippen LogP contribution in [0.3, 0.4) is 0 Å². The summed E-state index contributed by atoms with van der Waals surface area (Å²) in [6.07, 6.45) is -1.47. The molecule has 0 aliphatic carbocycles. The minimum Gasteiger partial charge on any atom is -0.493 e. The Kier molecular flexibility index (Phi) is 5.58. The molecule has 0 radical (unpaired) electrons. The van der Waals surface area contributed by atoms with E-state index in [2.05, 4.69) is 15.0 Å². The monoisotopic (exact) mass is 470 g/mol.